The van der Waals surface area contributed by atoms with Crippen molar-refractivity contribution in [2.24, 2.45) is 7.05 Å². The van der Waals surface area contributed by atoms with Gasteiger partial charge in [-0.25, -0.2) is 13.4 Å². The maximum Gasteiger partial charge on any atom is 0.262 e. The minimum Gasteiger partial charge on any atom is -0.465 e. The highest BCUT2D eigenvalue weighted by Crippen LogP contribution is 2.36. The maximum absolute atomic E-state index is 12.6. The average Bonchev–Trinajstić information content (AvgIpc) is 3.07. The molecule has 0 spiro atoms. The Balaban J connectivity index is 1.96. The van der Waals surface area contributed by atoms with Crippen LogP contribution in [0.15, 0.2) is 34.1 Å². The summed E-state index contributed by atoms with van der Waals surface area (Å²) in [5, 5.41) is 0.0928. The Hall–Kier alpha value is -1.60. The number of hydrogen-bond donors (Lipinski definition) is 0. The predicted octanol–water partition coefficient (Wildman–Crippen LogP) is 1.85. The molecule has 0 radical (unpaired) electrons. The Bertz CT molecular complexity index is 717. The van der Waals surface area contributed by atoms with Crippen molar-refractivity contribution >= 4 is 10.0 Å². The standard InChI is InChI=1S/C13H17N3O3S/c1-10-5-6-12(19-10)11-4-3-7-16(11)20(17,18)13-8-15(2)9-14-13/h5-6,8-9,11H,3-4,7H2,1-2H3/t11-/m0/s1. The Kier molecular flexibility index (Phi) is 3.18. The monoisotopic (exact) mass is 295 g/mol. The van der Waals surface area contributed by atoms with Crippen LogP contribution >= 0.6 is 0 Å². The van der Waals surface area contributed by atoms with Crippen molar-refractivity contribution in [3.8, 4) is 0 Å². The fourth-order valence-electron chi connectivity index (χ4n) is 2.59. The van der Waals surface area contributed by atoms with E-state index in [1.165, 1.54) is 16.8 Å². The second kappa shape index (κ2) is 4.75. The molecule has 20 heavy (non-hydrogen) atoms. The Morgan fingerprint density at radius 1 is 1.40 bits per heavy atom. The van der Waals surface area contributed by atoms with Crippen molar-refractivity contribution in [2.75, 3.05) is 6.54 Å². The Morgan fingerprint density at radius 2 is 2.20 bits per heavy atom. The Labute approximate surface area is 118 Å². The third-order valence-electron chi connectivity index (χ3n) is 3.55. The second-order valence-corrected chi connectivity index (χ2v) is 6.94. The first kappa shape index (κ1) is 13.4. The maximum atomic E-state index is 12.6. The van der Waals surface area contributed by atoms with E-state index in [1.807, 2.05) is 19.1 Å². The van der Waals surface area contributed by atoms with Crippen LogP contribution in [0.2, 0.25) is 0 Å². The third kappa shape index (κ3) is 2.16. The lowest BCUT2D eigenvalue weighted by atomic mass is 10.2. The van der Waals surface area contributed by atoms with E-state index in [1.54, 1.807) is 11.6 Å². The third-order valence-corrected chi connectivity index (χ3v) is 5.34. The summed E-state index contributed by atoms with van der Waals surface area (Å²) in [6.07, 6.45) is 4.63. The van der Waals surface area contributed by atoms with Crippen molar-refractivity contribution in [1.82, 2.24) is 13.9 Å². The molecule has 1 atom stereocenters. The van der Waals surface area contributed by atoms with Crippen molar-refractivity contribution in [2.45, 2.75) is 30.8 Å². The smallest absolute Gasteiger partial charge is 0.262 e. The average molecular weight is 295 g/mol. The molecule has 2 aromatic heterocycles. The molecule has 3 heterocycles. The number of nitrogens with zero attached hydrogens (tertiary/aromatic N) is 3. The zero-order valence-electron chi connectivity index (χ0n) is 11.5. The molecule has 1 aliphatic rings. The van der Waals surface area contributed by atoms with Crippen molar-refractivity contribution < 1.29 is 12.8 Å². The molecule has 7 heteroatoms. The van der Waals surface area contributed by atoms with E-state index in [-0.39, 0.29) is 11.1 Å². The zero-order chi connectivity index (χ0) is 14.3. The van der Waals surface area contributed by atoms with Gasteiger partial charge in [0.05, 0.1) is 12.4 Å². The van der Waals surface area contributed by atoms with Crippen LogP contribution in [-0.2, 0) is 17.1 Å². The molecule has 6 nitrogen and oxygen atoms in total. The lowest BCUT2D eigenvalue weighted by Gasteiger charge is -2.21. The van der Waals surface area contributed by atoms with Crippen molar-refractivity contribution in [3.63, 3.8) is 0 Å². The van der Waals surface area contributed by atoms with E-state index in [0.29, 0.717) is 12.3 Å². The van der Waals surface area contributed by atoms with E-state index in [4.69, 9.17) is 4.42 Å². The number of rotatable bonds is 3. The van der Waals surface area contributed by atoms with E-state index in [9.17, 15) is 8.42 Å². The largest absolute Gasteiger partial charge is 0.465 e. The first-order chi connectivity index (χ1) is 9.48. The number of aromatic nitrogens is 2. The molecule has 1 fully saturated rings. The molecule has 0 bridgehead atoms. The van der Waals surface area contributed by atoms with Crippen LogP contribution in [0.3, 0.4) is 0 Å². The highest BCUT2D eigenvalue weighted by atomic mass is 32.2. The molecule has 0 aromatic carbocycles. The van der Waals surface area contributed by atoms with Crippen molar-refractivity contribution in [1.29, 1.82) is 0 Å². The second-order valence-electron chi connectivity index (χ2n) is 5.10. The van der Waals surface area contributed by atoms with Crippen molar-refractivity contribution in [3.05, 3.63) is 36.2 Å². The molecule has 1 saturated heterocycles. The van der Waals surface area contributed by atoms with Gasteiger partial charge in [0, 0.05) is 19.8 Å². The van der Waals surface area contributed by atoms with Gasteiger partial charge in [0.25, 0.3) is 10.0 Å². The molecule has 108 valence electrons. The summed E-state index contributed by atoms with van der Waals surface area (Å²) in [6.45, 7) is 2.36. The number of imidazole rings is 1. The van der Waals surface area contributed by atoms with Crippen LogP contribution in [0.25, 0.3) is 0 Å². The molecule has 0 amide bonds. The van der Waals surface area contributed by atoms with Gasteiger partial charge >= 0.3 is 0 Å². The van der Waals surface area contributed by atoms with Crippen LogP contribution in [-0.4, -0.2) is 28.8 Å². The van der Waals surface area contributed by atoms with E-state index in [2.05, 4.69) is 4.98 Å². The predicted molar refractivity (Wildman–Crippen MR) is 72.5 cm³/mol. The number of furan rings is 1. The topological polar surface area (TPSA) is 68.3 Å². The molecule has 0 unspecified atom stereocenters. The van der Waals surface area contributed by atoms with Gasteiger partial charge in [-0.2, -0.15) is 4.31 Å². The van der Waals surface area contributed by atoms with E-state index in [0.717, 1.165) is 18.6 Å². The van der Waals surface area contributed by atoms with Crippen LogP contribution in [0, 0.1) is 6.92 Å². The zero-order valence-corrected chi connectivity index (χ0v) is 12.3. The first-order valence-electron chi connectivity index (χ1n) is 6.54. The molecule has 0 N–H and O–H groups in total. The Morgan fingerprint density at radius 3 is 2.80 bits per heavy atom. The number of sulfonamides is 1. The van der Waals surface area contributed by atoms with Gasteiger partial charge in [0.2, 0.25) is 0 Å². The lowest BCUT2D eigenvalue weighted by Crippen LogP contribution is -2.30. The van der Waals surface area contributed by atoms with Gasteiger partial charge in [-0.15, -0.1) is 0 Å². The molecule has 0 aliphatic carbocycles. The van der Waals surface area contributed by atoms with Gasteiger partial charge in [-0.3, -0.25) is 0 Å². The normalized spacial score (nSPS) is 20.6. The van der Waals surface area contributed by atoms with Gasteiger partial charge in [-0.05, 0) is 31.9 Å². The summed E-state index contributed by atoms with van der Waals surface area (Å²) in [5.41, 5.74) is 0. The minimum atomic E-state index is -3.56. The van der Waals surface area contributed by atoms with Crippen LogP contribution in [0.1, 0.15) is 30.4 Å². The summed E-state index contributed by atoms with van der Waals surface area (Å²) in [5.74, 6) is 1.50. The molecule has 1 aliphatic heterocycles. The van der Waals surface area contributed by atoms with E-state index >= 15 is 0 Å². The summed E-state index contributed by atoms with van der Waals surface area (Å²) < 4.78 is 34.0. The highest BCUT2D eigenvalue weighted by Gasteiger charge is 2.38. The SMILES string of the molecule is Cc1ccc([C@@H]2CCCN2S(=O)(=O)c2cn(C)cn2)o1. The van der Waals surface area contributed by atoms with E-state index < -0.39 is 10.0 Å². The number of aryl methyl sites for hydroxylation is 2. The molecule has 0 saturated carbocycles. The summed E-state index contributed by atoms with van der Waals surface area (Å²) in [6, 6.07) is 3.49. The summed E-state index contributed by atoms with van der Waals surface area (Å²) >= 11 is 0. The fraction of sp³-hybridized carbons (Fsp3) is 0.462. The van der Waals surface area contributed by atoms with Crippen LogP contribution in [0.4, 0.5) is 0 Å². The van der Waals surface area contributed by atoms with Gasteiger partial charge in [0.15, 0.2) is 5.03 Å². The number of hydrogen-bond acceptors (Lipinski definition) is 4. The molecule has 2 aromatic rings. The van der Waals surface area contributed by atoms with Crippen LogP contribution in [0.5, 0.6) is 0 Å². The quantitative estimate of drug-likeness (QED) is 0.866. The fourth-order valence-corrected chi connectivity index (χ4v) is 4.22. The summed E-state index contributed by atoms with van der Waals surface area (Å²) in [4.78, 5) is 3.97. The minimum absolute atomic E-state index is 0.0928. The first-order valence-corrected chi connectivity index (χ1v) is 7.98. The molecular formula is C13H17N3O3S. The lowest BCUT2D eigenvalue weighted by molar-refractivity contribution is 0.333. The molecular weight excluding hydrogens is 278 g/mol. The summed E-state index contributed by atoms with van der Waals surface area (Å²) in [7, 11) is -1.81. The van der Waals surface area contributed by atoms with Crippen LogP contribution < -0.4 is 0 Å². The van der Waals surface area contributed by atoms with Gasteiger partial charge in [-0.1, -0.05) is 0 Å². The molecule has 3 rings (SSSR count). The van der Waals surface area contributed by atoms with Gasteiger partial charge in [0.1, 0.15) is 11.5 Å². The highest BCUT2D eigenvalue weighted by molar-refractivity contribution is 7.89. The van der Waals surface area contributed by atoms with Gasteiger partial charge < -0.3 is 8.98 Å².